The highest BCUT2D eigenvalue weighted by Crippen LogP contribution is 2.31. The zero-order valence-corrected chi connectivity index (χ0v) is 17.4. The first-order chi connectivity index (χ1) is 14.5. The number of aromatic nitrogens is 5. The molecule has 3 aromatic heterocycles. The molecule has 30 heavy (non-hydrogen) atoms. The number of ether oxygens (including phenoxy) is 1. The first-order valence-corrected chi connectivity index (χ1v) is 9.93. The fourth-order valence-corrected chi connectivity index (χ4v) is 3.69. The number of hydrogen-bond acceptors (Lipinski definition) is 5. The van der Waals surface area contributed by atoms with Crippen LogP contribution in [0.3, 0.4) is 0 Å². The maximum Gasteiger partial charge on any atom is 0.160 e. The van der Waals surface area contributed by atoms with Crippen molar-refractivity contribution in [3.8, 4) is 16.9 Å². The molecule has 0 radical (unpaired) electrons. The van der Waals surface area contributed by atoms with Gasteiger partial charge in [-0.1, -0.05) is 0 Å². The van der Waals surface area contributed by atoms with Crippen LogP contribution in [0.1, 0.15) is 22.8 Å². The fourth-order valence-electron chi connectivity index (χ4n) is 3.69. The van der Waals surface area contributed by atoms with Crippen LogP contribution in [-0.4, -0.2) is 37.5 Å². The number of pyridine rings is 1. The lowest BCUT2D eigenvalue weighted by Crippen LogP contribution is -2.06. The van der Waals surface area contributed by atoms with E-state index in [2.05, 4.69) is 15.3 Å². The molecule has 0 atom stereocenters. The van der Waals surface area contributed by atoms with Crippen LogP contribution in [0.15, 0.2) is 36.5 Å². The maximum atomic E-state index is 14.0. The lowest BCUT2D eigenvalue weighted by atomic mass is 10.1. The third kappa shape index (κ3) is 3.78. The minimum absolute atomic E-state index is 0.336. The number of fused-ring (bicyclic) bond motifs is 1. The van der Waals surface area contributed by atoms with Gasteiger partial charge in [0.15, 0.2) is 5.65 Å². The maximum absolute atomic E-state index is 14.0. The SMILES string of the molecule is Cc1nn(C)c(C)c1CCOc1cc(F)ccc1-c1ccc2nnc(CCN)n2c1. The highest BCUT2D eigenvalue weighted by atomic mass is 19.1. The Morgan fingerprint density at radius 2 is 1.93 bits per heavy atom. The topological polar surface area (TPSA) is 83.3 Å². The van der Waals surface area contributed by atoms with Crippen LogP contribution in [0.5, 0.6) is 5.75 Å². The number of nitrogens with two attached hydrogens (primary N) is 1. The van der Waals surface area contributed by atoms with E-state index in [1.54, 1.807) is 6.07 Å². The molecule has 4 aromatic rings. The highest BCUT2D eigenvalue weighted by Gasteiger charge is 2.13. The molecule has 4 rings (SSSR count). The van der Waals surface area contributed by atoms with Crippen molar-refractivity contribution in [1.29, 1.82) is 0 Å². The van der Waals surface area contributed by atoms with Gasteiger partial charge in [-0.3, -0.25) is 9.08 Å². The third-order valence-corrected chi connectivity index (χ3v) is 5.36. The molecule has 0 saturated heterocycles. The molecule has 0 unspecified atom stereocenters. The second-order valence-electron chi connectivity index (χ2n) is 7.31. The fraction of sp³-hybridized carbons (Fsp3) is 0.318. The van der Waals surface area contributed by atoms with Crippen LogP contribution in [0, 0.1) is 19.7 Å². The molecule has 0 bridgehead atoms. The molecular weight excluding hydrogens is 383 g/mol. The first-order valence-electron chi connectivity index (χ1n) is 9.93. The first kappa shape index (κ1) is 20.0. The van der Waals surface area contributed by atoms with Crippen molar-refractivity contribution in [2.24, 2.45) is 12.8 Å². The van der Waals surface area contributed by atoms with E-state index < -0.39 is 0 Å². The van der Waals surface area contributed by atoms with Gasteiger partial charge >= 0.3 is 0 Å². The predicted octanol–water partition coefficient (Wildman–Crippen LogP) is 3.01. The Morgan fingerprint density at radius 3 is 2.67 bits per heavy atom. The van der Waals surface area contributed by atoms with E-state index in [-0.39, 0.29) is 5.82 Å². The molecule has 2 N–H and O–H groups in total. The Morgan fingerprint density at radius 1 is 1.10 bits per heavy atom. The average molecular weight is 408 g/mol. The number of aryl methyl sites for hydroxylation is 2. The quantitative estimate of drug-likeness (QED) is 0.508. The molecule has 1 aromatic carbocycles. The van der Waals surface area contributed by atoms with Crippen LogP contribution in [0.25, 0.3) is 16.8 Å². The Labute approximate surface area is 174 Å². The summed E-state index contributed by atoms with van der Waals surface area (Å²) in [7, 11) is 1.93. The summed E-state index contributed by atoms with van der Waals surface area (Å²) >= 11 is 0. The monoisotopic (exact) mass is 408 g/mol. The van der Waals surface area contributed by atoms with Crippen molar-refractivity contribution in [2.45, 2.75) is 26.7 Å². The van der Waals surface area contributed by atoms with Gasteiger partial charge in [-0.15, -0.1) is 10.2 Å². The number of benzene rings is 1. The second kappa shape index (κ2) is 8.23. The van der Waals surface area contributed by atoms with E-state index in [0.29, 0.717) is 31.7 Å². The summed E-state index contributed by atoms with van der Waals surface area (Å²) in [5, 5.41) is 12.8. The van der Waals surface area contributed by atoms with E-state index in [4.69, 9.17) is 10.5 Å². The average Bonchev–Trinajstić information content (AvgIpc) is 3.23. The largest absolute Gasteiger partial charge is 0.492 e. The standard InChI is InChI=1S/C22H25FN6O/c1-14-18(15(2)28(3)27-14)9-11-30-20-12-17(23)5-6-19(20)16-4-7-21-25-26-22(8-10-24)29(21)13-16/h4-7,12-13H,8-11,24H2,1-3H3. The highest BCUT2D eigenvalue weighted by molar-refractivity contribution is 5.71. The molecule has 3 heterocycles. The Balaban J connectivity index is 1.62. The van der Waals surface area contributed by atoms with Gasteiger partial charge in [0.1, 0.15) is 17.4 Å². The minimum atomic E-state index is -0.336. The third-order valence-electron chi connectivity index (χ3n) is 5.36. The molecule has 0 amide bonds. The van der Waals surface area contributed by atoms with Crippen molar-refractivity contribution < 1.29 is 9.13 Å². The van der Waals surface area contributed by atoms with Gasteiger partial charge in [0.2, 0.25) is 0 Å². The smallest absolute Gasteiger partial charge is 0.160 e. The number of hydrogen-bond donors (Lipinski definition) is 1. The molecule has 0 saturated carbocycles. The van der Waals surface area contributed by atoms with Crippen LogP contribution >= 0.6 is 0 Å². The van der Waals surface area contributed by atoms with Gasteiger partial charge in [0, 0.05) is 49.0 Å². The Hall–Kier alpha value is -3.26. The minimum Gasteiger partial charge on any atom is -0.492 e. The van der Waals surface area contributed by atoms with Gasteiger partial charge in [-0.2, -0.15) is 5.10 Å². The van der Waals surface area contributed by atoms with E-state index in [9.17, 15) is 4.39 Å². The molecule has 0 fully saturated rings. The van der Waals surface area contributed by atoms with Gasteiger partial charge in [0.25, 0.3) is 0 Å². The number of nitrogens with zero attached hydrogens (tertiary/aromatic N) is 5. The van der Waals surface area contributed by atoms with Crippen LogP contribution in [-0.2, 0) is 19.9 Å². The lowest BCUT2D eigenvalue weighted by Gasteiger charge is -2.13. The van der Waals surface area contributed by atoms with Crippen LogP contribution in [0.4, 0.5) is 4.39 Å². The summed E-state index contributed by atoms with van der Waals surface area (Å²) in [6.45, 7) is 4.94. The van der Waals surface area contributed by atoms with E-state index in [1.165, 1.54) is 12.1 Å². The van der Waals surface area contributed by atoms with Gasteiger partial charge < -0.3 is 10.5 Å². The van der Waals surface area contributed by atoms with Crippen molar-refractivity contribution in [1.82, 2.24) is 24.4 Å². The van der Waals surface area contributed by atoms with Gasteiger partial charge in [0.05, 0.1) is 12.3 Å². The van der Waals surface area contributed by atoms with Gasteiger partial charge in [-0.25, -0.2) is 4.39 Å². The summed E-state index contributed by atoms with van der Waals surface area (Å²) in [5.74, 6) is 0.958. The number of halogens is 1. The van der Waals surface area contributed by atoms with Crippen molar-refractivity contribution in [3.05, 3.63) is 65.1 Å². The summed E-state index contributed by atoms with van der Waals surface area (Å²) < 4.78 is 23.8. The normalized spacial score (nSPS) is 11.4. The summed E-state index contributed by atoms with van der Waals surface area (Å²) in [4.78, 5) is 0. The van der Waals surface area contributed by atoms with E-state index in [0.717, 1.165) is 39.5 Å². The summed E-state index contributed by atoms with van der Waals surface area (Å²) in [6.07, 6.45) is 3.27. The van der Waals surface area contributed by atoms with Gasteiger partial charge in [-0.05, 0) is 50.2 Å². The zero-order valence-electron chi connectivity index (χ0n) is 17.4. The molecule has 7 nitrogen and oxygen atoms in total. The van der Waals surface area contributed by atoms with Crippen molar-refractivity contribution >= 4 is 5.65 Å². The lowest BCUT2D eigenvalue weighted by molar-refractivity contribution is 0.321. The predicted molar refractivity (Wildman–Crippen MR) is 113 cm³/mol. The molecule has 0 aliphatic carbocycles. The second-order valence-corrected chi connectivity index (χ2v) is 7.31. The van der Waals surface area contributed by atoms with Crippen molar-refractivity contribution in [3.63, 3.8) is 0 Å². The number of rotatable bonds is 7. The Kier molecular flexibility index (Phi) is 5.50. The molecule has 0 aliphatic heterocycles. The molecule has 156 valence electrons. The van der Waals surface area contributed by atoms with Crippen molar-refractivity contribution in [2.75, 3.05) is 13.2 Å². The van der Waals surface area contributed by atoms with E-state index in [1.807, 2.05) is 48.3 Å². The van der Waals surface area contributed by atoms with Crippen LogP contribution in [0.2, 0.25) is 0 Å². The van der Waals surface area contributed by atoms with E-state index >= 15 is 0 Å². The Bertz CT molecular complexity index is 1200. The molecule has 8 heteroatoms. The van der Waals surface area contributed by atoms with Crippen LogP contribution < -0.4 is 10.5 Å². The molecule has 0 aliphatic rings. The summed E-state index contributed by atoms with van der Waals surface area (Å²) in [6, 6.07) is 8.42. The zero-order chi connectivity index (χ0) is 21.3. The molecular formula is C22H25FN6O. The molecule has 0 spiro atoms. The summed E-state index contributed by atoms with van der Waals surface area (Å²) in [5.41, 5.74) is 11.4.